The molecule has 1 heterocycles. The van der Waals surface area contributed by atoms with Crippen molar-refractivity contribution < 1.29 is 8.95 Å². The molecular weight excluding hydrogens is 444 g/mol. The zero-order valence-electron chi connectivity index (χ0n) is 17.4. The van der Waals surface area contributed by atoms with E-state index in [1.165, 1.54) is 0 Å². The van der Waals surface area contributed by atoms with Gasteiger partial charge in [-0.1, -0.05) is 35.9 Å². The molecule has 1 unspecified atom stereocenters. The van der Waals surface area contributed by atoms with Crippen LogP contribution in [0.25, 0.3) is 22.0 Å². The van der Waals surface area contributed by atoms with E-state index in [2.05, 4.69) is 21.6 Å². The highest BCUT2D eigenvalue weighted by atomic mass is 35.5. The number of rotatable bonds is 6. The highest BCUT2D eigenvalue weighted by Crippen LogP contribution is 2.31. The largest absolute Gasteiger partial charge is 0.495 e. The second-order valence-electron chi connectivity index (χ2n) is 7.07. The maximum atomic E-state index is 11.7. The topological polar surface area (TPSA) is 87.9 Å². The van der Waals surface area contributed by atoms with Crippen molar-refractivity contribution in [2.24, 2.45) is 0 Å². The van der Waals surface area contributed by atoms with Crippen LogP contribution in [-0.4, -0.2) is 27.8 Å². The van der Waals surface area contributed by atoms with E-state index < -0.39 is 10.8 Å². The zero-order chi connectivity index (χ0) is 22.7. The van der Waals surface area contributed by atoms with Crippen molar-refractivity contribution >= 4 is 39.0 Å². The Balaban J connectivity index is 1.72. The number of ether oxygens (including phenoxy) is 1. The molecular formula is C24H19ClN4O2S. The van der Waals surface area contributed by atoms with Crippen molar-refractivity contribution in [3.8, 4) is 23.1 Å². The lowest BCUT2D eigenvalue weighted by atomic mass is 10.0. The predicted octanol–water partition coefficient (Wildman–Crippen LogP) is 5.18. The predicted molar refractivity (Wildman–Crippen MR) is 127 cm³/mol. The fourth-order valence-electron chi connectivity index (χ4n) is 3.38. The number of nitrogens with one attached hydrogen (secondary N) is 1. The molecule has 4 aromatic rings. The van der Waals surface area contributed by atoms with Gasteiger partial charge < -0.3 is 10.1 Å². The summed E-state index contributed by atoms with van der Waals surface area (Å²) in [5, 5.41) is 23.7. The molecule has 3 aromatic carbocycles. The normalized spacial score (nSPS) is 11.7. The van der Waals surface area contributed by atoms with Crippen LogP contribution in [0.3, 0.4) is 0 Å². The van der Waals surface area contributed by atoms with Crippen LogP contribution >= 0.6 is 11.6 Å². The summed E-state index contributed by atoms with van der Waals surface area (Å²) < 4.78 is 16.9. The first-order valence-corrected chi connectivity index (χ1v) is 11.6. The minimum atomic E-state index is -1.05. The number of methoxy groups -OCH3 is 1. The van der Waals surface area contributed by atoms with Crippen LogP contribution in [0.4, 0.5) is 5.82 Å². The van der Waals surface area contributed by atoms with Gasteiger partial charge in [-0.2, -0.15) is 5.26 Å². The summed E-state index contributed by atoms with van der Waals surface area (Å²) in [6.07, 6.45) is 1.64. The third-order valence-corrected chi connectivity index (χ3v) is 6.28. The standard InChI is InChI=1S/C24H19ClN4O2S/c1-31-22-10-4-16(12-21(22)25)14-27-24-20-11-15(13-26)3-9-19(20)23(28-29-24)17-5-7-18(8-6-17)32(2)30/h3-12H,14H2,1-2H3,(H,27,29). The van der Waals surface area contributed by atoms with E-state index >= 15 is 0 Å². The molecule has 0 aliphatic heterocycles. The summed E-state index contributed by atoms with van der Waals surface area (Å²) in [6, 6.07) is 20.6. The lowest BCUT2D eigenvalue weighted by Gasteiger charge is -2.12. The molecule has 4 rings (SSSR count). The second kappa shape index (κ2) is 9.35. The third-order valence-electron chi connectivity index (χ3n) is 5.04. The molecule has 0 saturated heterocycles. The van der Waals surface area contributed by atoms with Crippen LogP contribution < -0.4 is 10.1 Å². The van der Waals surface area contributed by atoms with Gasteiger partial charge in [0.15, 0.2) is 5.82 Å². The van der Waals surface area contributed by atoms with Crippen molar-refractivity contribution in [3.63, 3.8) is 0 Å². The van der Waals surface area contributed by atoms with E-state index in [4.69, 9.17) is 16.3 Å². The molecule has 0 saturated carbocycles. The van der Waals surface area contributed by atoms with Gasteiger partial charge >= 0.3 is 0 Å². The summed E-state index contributed by atoms with van der Waals surface area (Å²) in [5.74, 6) is 1.18. The van der Waals surface area contributed by atoms with Crippen LogP contribution in [-0.2, 0) is 17.3 Å². The Morgan fingerprint density at radius 3 is 2.50 bits per heavy atom. The zero-order valence-corrected chi connectivity index (χ0v) is 19.0. The summed E-state index contributed by atoms with van der Waals surface area (Å²) in [4.78, 5) is 0.745. The smallest absolute Gasteiger partial charge is 0.156 e. The molecule has 1 aromatic heterocycles. The quantitative estimate of drug-likeness (QED) is 0.424. The minimum absolute atomic E-state index is 0.473. The molecule has 0 radical (unpaired) electrons. The molecule has 6 nitrogen and oxygen atoms in total. The number of benzene rings is 3. The first-order chi connectivity index (χ1) is 15.5. The molecule has 1 N–H and O–H groups in total. The number of fused-ring (bicyclic) bond motifs is 1. The van der Waals surface area contributed by atoms with E-state index in [9.17, 15) is 9.47 Å². The van der Waals surface area contributed by atoms with Gasteiger partial charge in [-0.25, -0.2) is 0 Å². The number of nitriles is 1. The van der Waals surface area contributed by atoms with Gasteiger partial charge in [0.1, 0.15) is 11.4 Å². The first kappa shape index (κ1) is 21.8. The minimum Gasteiger partial charge on any atom is -0.495 e. The summed E-state index contributed by atoms with van der Waals surface area (Å²) >= 11 is 6.23. The van der Waals surface area contributed by atoms with E-state index in [1.54, 1.807) is 25.5 Å². The lowest BCUT2D eigenvalue weighted by Crippen LogP contribution is -2.04. The Labute approximate surface area is 193 Å². The highest BCUT2D eigenvalue weighted by molar-refractivity contribution is 7.84. The Bertz CT molecular complexity index is 1370. The first-order valence-electron chi connectivity index (χ1n) is 9.71. The monoisotopic (exact) mass is 462 g/mol. The summed E-state index contributed by atoms with van der Waals surface area (Å²) in [6.45, 7) is 0.473. The van der Waals surface area contributed by atoms with E-state index in [-0.39, 0.29) is 0 Å². The van der Waals surface area contributed by atoms with Gasteiger partial charge in [0.25, 0.3) is 0 Å². The van der Waals surface area contributed by atoms with Gasteiger partial charge in [-0.3, -0.25) is 4.21 Å². The Hall–Kier alpha value is -3.47. The van der Waals surface area contributed by atoms with Crippen molar-refractivity contribution in [1.29, 1.82) is 5.26 Å². The Morgan fingerprint density at radius 2 is 1.84 bits per heavy atom. The fourth-order valence-corrected chi connectivity index (χ4v) is 4.18. The van der Waals surface area contributed by atoms with Crippen molar-refractivity contribution in [3.05, 3.63) is 76.8 Å². The number of halogens is 1. The van der Waals surface area contributed by atoms with Crippen LogP contribution in [0.5, 0.6) is 5.75 Å². The average molecular weight is 463 g/mol. The second-order valence-corrected chi connectivity index (χ2v) is 8.86. The Kier molecular flexibility index (Phi) is 6.35. The number of hydrogen-bond acceptors (Lipinski definition) is 6. The van der Waals surface area contributed by atoms with Gasteiger partial charge in [-0.05, 0) is 42.0 Å². The SMILES string of the molecule is COc1ccc(CNc2nnc(-c3ccc(S(C)=O)cc3)c3ccc(C#N)cc23)cc1Cl. The summed E-state index contributed by atoms with van der Waals surface area (Å²) in [5.41, 5.74) is 3.03. The molecule has 0 fully saturated rings. The molecule has 1 atom stereocenters. The number of hydrogen-bond donors (Lipinski definition) is 1. The average Bonchev–Trinajstić information content (AvgIpc) is 2.82. The third kappa shape index (κ3) is 4.42. The number of aromatic nitrogens is 2. The van der Waals surface area contributed by atoms with E-state index in [0.29, 0.717) is 34.4 Å². The van der Waals surface area contributed by atoms with Crippen LogP contribution in [0.2, 0.25) is 5.02 Å². The van der Waals surface area contributed by atoms with Gasteiger partial charge in [0, 0.05) is 44.8 Å². The molecule has 160 valence electrons. The molecule has 8 heteroatoms. The van der Waals surface area contributed by atoms with Crippen LogP contribution in [0, 0.1) is 11.3 Å². The molecule has 0 amide bonds. The van der Waals surface area contributed by atoms with Gasteiger partial charge in [-0.15, -0.1) is 10.2 Å². The van der Waals surface area contributed by atoms with E-state index in [1.807, 2.05) is 48.5 Å². The van der Waals surface area contributed by atoms with Gasteiger partial charge in [0.2, 0.25) is 0 Å². The number of nitrogens with zero attached hydrogens (tertiary/aromatic N) is 3. The van der Waals surface area contributed by atoms with Crippen molar-refractivity contribution in [2.45, 2.75) is 11.4 Å². The summed E-state index contributed by atoms with van der Waals surface area (Å²) in [7, 11) is 0.521. The molecule has 0 aliphatic rings. The lowest BCUT2D eigenvalue weighted by molar-refractivity contribution is 0.415. The molecule has 0 aliphatic carbocycles. The maximum Gasteiger partial charge on any atom is 0.156 e. The molecule has 32 heavy (non-hydrogen) atoms. The van der Waals surface area contributed by atoms with E-state index in [0.717, 1.165) is 26.8 Å². The van der Waals surface area contributed by atoms with Crippen LogP contribution in [0.15, 0.2) is 65.6 Å². The highest BCUT2D eigenvalue weighted by Gasteiger charge is 2.13. The Morgan fingerprint density at radius 1 is 1.06 bits per heavy atom. The molecule has 0 spiro atoms. The van der Waals surface area contributed by atoms with Crippen molar-refractivity contribution in [2.75, 3.05) is 18.7 Å². The van der Waals surface area contributed by atoms with Crippen LogP contribution in [0.1, 0.15) is 11.1 Å². The van der Waals surface area contributed by atoms with Gasteiger partial charge in [0.05, 0.1) is 23.8 Å². The maximum absolute atomic E-state index is 11.7. The fraction of sp³-hybridized carbons (Fsp3) is 0.125. The molecule has 0 bridgehead atoms. The van der Waals surface area contributed by atoms with Crippen molar-refractivity contribution in [1.82, 2.24) is 10.2 Å². The number of anilines is 1.